The van der Waals surface area contributed by atoms with E-state index in [9.17, 15) is 13.2 Å². The molecular weight excluding hydrogens is 280 g/mol. The van der Waals surface area contributed by atoms with Gasteiger partial charge in [-0.15, -0.1) is 0 Å². The van der Waals surface area contributed by atoms with E-state index in [-0.39, 0.29) is 11.7 Å². The fraction of sp³-hybridized carbons (Fsp3) is 0.462. The second kappa shape index (κ2) is 7.37. The van der Waals surface area contributed by atoms with Crippen LogP contribution in [0, 0.1) is 0 Å². The molecule has 20 heavy (non-hydrogen) atoms. The lowest BCUT2D eigenvalue weighted by Gasteiger charge is -2.10. The van der Waals surface area contributed by atoms with Gasteiger partial charge in [-0.3, -0.25) is 9.35 Å². The minimum absolute atomic E-state index is 0.206. The van der Waals surface area contributed by atoms with E-state index in [0.717, 1.165) is 11.1 Å². The second-order valence-electron chi connectivity index (χ2n) is 4.63. The van der Waals surface area contributed by atoms with Crippen LogP contribution in [0.3, 0.4) is 0 Å². The molecule has 0 radical (unpaired) electrons. The van der Waals surface area contributed by atoms with Gasteiger partial charge in [0.15, 0.2) is 0 Å². The summed E-state index contributed by atoms with van der Waals surface area (Å²) >= 11 is 0. The molecule has 0 aliphatic carbocycles. The molecule has 0 saturated heterocycles. The number of nitrogens with two attached hydrogens (primary N) is 1. The molecule has 1 atom stereocenters. The van der Waals surface area contributed by atoms with Crippen molar-refractivity contribution in [1.82, 2.24) is 5.32 Å². The zero-order valence-electron chi connectivity index (χ0n) is 11.4. The molecule has 0 aliphatic heterocycles. The van der Waals surface area contributed by atoms with Crippen LogP contribution in [-0.4, -0.2) is 37.7 Å². The smallest absolute Gasteiger partial charge is 0.264 e. The summed E-state index contributed by atoms with van der Waals surface area (Å²) in [5.74, 6) is -0.446. The number of aryl methyl sites for hydroxylation is 1. The third-order valence-corrected chi connectivity index (χ3v) is 3.73. The van der Waals surface area contributed by atoms with Crippen LogP contribution in [-0.2, 0) is 27.8 Å². The van der Waals surface area contributed by atoms with Gasteiger partial charge in [0.05, 0.1) is 11.8 Å². The molecule has 0 spiro atoms. The van der Waals surface area contributed by atoms with E-state index in [1.807, 2.05) is 24.3 Å². The maximum absolute atomic E-state index is 11.3. The lowest BCUT2D eigenvalue weighted by molar-refractivity contribution is -0.121. The largest absolute Gasteiger partial charge is 0.358 e. The van der Waals surface area contributed by atoms with Crippen LogP contribution in [0.25, 0.3) is 0 Å². The van der Waals surface area contributed by atoms with Crippen molar-refractivity contribution in [2.45, 2.75) is 25.3 Å². The van der Waals surface area contributed by atoms with Crippen molar-refractivity contribution in [1.29, 1.82) is 0 Å². The monoisotopic (exact) mass is 300 g/mol. The van der Waals surface area contributed by atoms with Crippen molar-refractivity contribution >= 4 is 16.0 Å². The fourth-order valence-corrected chi connectivity index (χ4v) is 2.34. The predicted octanol–water partition coefficient (Wildman–Crippen LogP) is 0.123. The summed E-state index contributed by atoms with van der Waals surface area (Å²) in [5, 5.41) is 2.49. The first-order valence-corrected chi connectivity index (χ1v) is 7.93. The van der Waals surface area contributed by atoms with Gasteiger partial charge in [0.25, 0.3) is 10.1 Å². The van der Waals surface area contributed by atoms with Crippen LogP contribution in [0.5, 0.6) is 0 Å². The number of likely N-dealkylation sites (N-methyl/N-ethyl adjacent to an activating group) is 1. The van der Waals surface area contributed by atoms with E-state index < -0.39 is 16.2 Å². The fourth-order valence-electron chi connectivity index (χ4n) is 1.83. The van der Waals surface area contributed by atoms with Gasteiger partial charge in [0, 0.05) is 7.05 Å². The van der Waals surface area contributed by atoms with Crippen molar-refractivity contribution < 1.29 is 17.8 Å². The Morgan fingerprint density at radius 1 is 1.30 bits per heavy atom. The molecule has 1 rings (SSSR count). The summed E-state index contributed by atoms with van der Waals surface area (Å²) in [6.45, 7) is 0. The average Bonchev–Trinajstić information content (AvgIpc) is 2.38. The van der Waals surface area contributed by atoms with Crippen LogP contribution in [0.4, 0.5) is 0 Å². The topological polar surface area (TPSA) is 109 Å². The number of nitrogens with one attached hydrogen (secondary N) is 1. The molecular formula is C13H20N2O4S. The highest BCUT2D eigenvalue weighted by Crippen LogP contribution is 2.09. The summed E-state index contributed by atoms with van der Waals surface area (Å²) in [5.41, 5.74) is 7.64. The predicted molar refractivity (Wildman–Crippen MR) is 76.9 cm³/mol. The van der Waals surface area contributed by atoms with Gasteiger partial charge in [-0.2, -0.15) is 8.42 Å². The number of rotatable bonds is 7. The molecule has 1 aromatic carbocycles. The van der Waals surface area contributed by atoms with Crippen molar-refractivity contribution in [2.24, 2.45) is 5.73 Å². The van der Waals surface area contributed by atoms with E-state index >= 15 is 0 Å². The van der Waals surface area contributed by atoms with Crippen LogP contribution in [0.2, 0.25) is 0 Å². The molecule has 1 amide bonds. The molecule has 112 valence electrons. The van der Waals surface area contributed by atoms with Crippen molar-refractivity contribution in [2.75, 3.05) is 12.8 Å². The first-order valence-electron chi connectivity index (χ1n) is 6.32. The van der Waals surface area contributed by atoms with Crippen molar-refractivity contribution in [3.63, 3.8) is 0 Å². The zero-order chi connectivity index (χ0) is 15.2. The van der Waals surface area contributed by atoms with E-state index in [2.05, 4.69) is 5.32 Å². The lowest BCUT2D eigenvalue weighted by Crippen LogP contribution is -2.40. The Morgan fingerprint density at radius 3 is 2.35 bits per heavy atom. The number of benzene rings is 1. The molecule has 0 fully saturated rings. The maximum atomic E-state index is 11.3. The van der Waals surface area contributed by atoms with Crippen LogP contribution < -0.4 is 11.1 Å². The Hall–Kier alpha value is -1.44. The first-order chi connectivity index (χ1) is 9.31. The number of carbonyl (C=O) groups excluding carboxylic acids is 1. The molecule has 0 unspecified atom stereocenters. The number of hydrogen-bond donors (Lipinski definition) is 3. The van der Waals surface area contributed by atoms with Gasteiger partial charge >= 0.3 is 0 Å². The highest BCUT2D eigenvalue weighted by atomic mass is 32.2. The number of carbonyl (C=O) groups is 1. The molecule has 0 bridgehead atoms. The first kappa shape index (κ1) is 16.6. The van der Waals surface area contributed by atoms with E-state index in [0.29, 0.717) is 19.3 Å². The standard InChI is InChI=1S/C13H20N2O4S/c1-15-13(16)12(14)9-11-6-4-10(5-7-11)3-2-8-20(17,18)19/h4-7,12H,2-3,8-9,14H2,1H3,(H,15,16)(H,17,18,19)/t12-/m0/s1. The third kappa shape index (κ3) is 6.14. The van der Waals surface area contributed by atoms with Gasteiger partial charge in [-0.25, -0.2) is 0 Å². The summed E-state index contributed by atoms with van der Waals surface area (Å²) in [4.78, 5) is 11.3. The maximum Gasteiger partial charge on any atom is 0.264 e. The van der Waals surface area contributed by atoms with Crippen molar-refractivity contribution in [3.8, 4) is 0 Å². The Labute approximate surface area is 119 Å². The lowest BCUT2D eigenvalue weighted by atomic mass is 10.0. The van der Waals surface area contributed by atoms with Gasteiger partial charge in [-0.1, -0.05) is 24.3 Å². The zero-order valence-corrected chi connectivity index (χ0v) is 12.2. The molecule has 0 saturated carbocycles. The van der Waals surface area contributed by atoms with E-state index in [1.165, 1.54) is 0 Å². The van der Waals surface area contributed by atoms with Crippen LogP contribution >= 0.6 is 0 Å². The quantitative estimate of drug-likeness (QED) is 0.620. The molecule has 0 aliphatic rings. The molecule has 1 aromatic rings. The Balaban J connectivity index is 2.50. The van der Waals surface area contributed by atoms with Gasteiger partial charge < -0.3 is 11.1 Å². The Kier molecular flexibility index (Phi) is 6.12. The minimum atomic E-state index is -3.89. The van der Waals surface area contributed by atoms with E-state index in [4.69, 9.17) is 10.3 Å². The molecule has 0 aromatic heterocycles. The van der Waals surface area contributed by atoms with Crippen molar-refractivity contribution in [3.05, 3.63) is 35.4 Å². The molecule has 7 heteroatoms. The van der Waals surface area contributed by atoms with Crippen LogP contribution in [0.15, 0.2) is 24.3 Å². The number of amides is 1. The minimum Gasteiger partial charge on any atom is -0.358 e. The summed E-state index contributed by atoms with van der Waals surface area (Å²) < 4.78 is 29.8. The van der Waals surface area contributed by atoms with E-state index in [1.54, 1.807) is 7.05 Å². The SMILES string of the molecule is CNC(=O)[C@@H](N)Cc1ccc(CCCS(=O)(=O)O)cc1. The highest BCUT2D eigenvalue weighted by molar-refractivity contribution is 7.85. The summed E-state index contributed by atoms with van der Waals surface area (Å²) in [7, 11) is -2.35. The van der Waals surface area contributed by atoms with Gasteiger partial charge in [0.1, 0.15) is 0 Å². The molecule has 4 N–H and O–H groups in total. The summed E-state index contributed by atoms with van der Waals surface area (Å²) in [6, 6.07) is 6.90. The molecule has 0 heterocycles. The van der Waals surface area contributed by atoms with Crippen LogP contribution in [0.1, 0.15) is 17.5 Å². The Morgan fingerprint density at radius 2 is 1.85 bits per heavy atom. The highest BCUT2D eigenvalue weighted by Gasteiger charge is 2.12. The van der Waals surface area contributed by atoms with Gasteiger partial charge in [-0.05, 0) is 30.4 Å². The summed E-state index contributed by atoms with van der Waals surface area (Å²) in [6.07, 6.45) is 1.39. The third-order valence-electron chi connectivity index (χ3n) is 2.93. The molecule has 6 nitrogen and oxygen atoms in total. The average molecular weight is 300 g/mol. The number of hydrogen-bond acceptors (Lipinski definition) is 4. The normalized spacial score (nSPS) is 12.9. The van der Waals surface area contributed by atoms with Gasteiger partial charge in [0.2, 0.25) is 5.91 Å². The Bertz CT molecular complexity index is 540. The second-order valence-corrected chi connectivity index (χ2v) is 6.20.